The molecule has 0 radical (unpaired) electrons. The zero-order valence-electron chi connectivity index (χ0n) is 8.28. The quantitative estimate of drug-likeness (QED) is 0.711. The normalized spacial score (nSPS) is 27.5. The summed E-state index contributed by atoms with van der Waals surface area (Å²) in [4.78, 5) is 4.79. The molecule has 2 aromatic heterocycles. The predicted octanol–water partition coefficient (Wildman–Crippen LogP) is 3.46. The lowest BCUT2D eigenvalue weighted by Gasteiger charge is -2.09. The maximum atomic E-state index is 4.79. The van der Waals surface area contributed by atoms with E-state index < -0.39 is 0 Å². The molecule has 4 rings (SSSR count). The second-order valence-electron chi connectivity index (χ2n) is 4.64. The zero-order valence-corrected chi connectivity index (χ0v) is 9.87. The molecule has 0 amide bonds. The summed E-state index contributed by atoms with van der Waals surface area (Å²) in [6.45, 7) is 0. The van der Waals surface area contributed by atoms with Gasteiger partial charge in [0.2, 0.25) is 0 Å². The van der Waals surface area contributed by atoms with Crippen molar-refractivity contribution in [2.45, 2.75) is 31.1 Å². The van der Waals surface area contributed by atoms with Gasteiger partial charge in [-0.25, -0.2) is 4.98 Å². The maximum absolute atomic E-state index is 4.79. The molecule has 2 heterocycles. The van der Waals surface area contributed by atoms with Crippen LogP contribution in [0.15, 0.2) is 22.8 Å². The van der Waals surface area contributed by atoms with E-state index >= 15 is 0 Å². The molecule has 76 valence electrons. The van der Waals surface area contributed by atoms with E-state index in [2.05, 4.69) is 38.7 Å². The summed E-state index contributed by atoms with van der Waals surface area (Å²) in [7, 11) is 0. The smallest absolute Gasteiger partial charge is 0.151 e. The molecule has 2 nitrogen and oxygen atoms in total. The van der Waals surface area contributed by atoms with Crippen molar-refractivity contribution in [3.05, 3.63) is 34.2 Å². The van der Waals surface area contributed by atoms with Gasteiger partial charge >= 0.3 is 0 Å². The van der Waals surface area contributed by atoms with Crippen LogP contribution < -0.4 is 0 Å². The number of pyridine rings is 1. The van der Waals surface area contributed by atoms with Crippen molar-refractivity contribution in [2.75, 3.05) is 0 Å². The molecule has 1 saturated carbocycles. The SMILES string of the molecule is Brc1cccn2c3c(nc12)C1CCC3C1. The van der Waals surface area contributed by atoms with Gasteiger partial charge in [0.1, 0.15) is 0 Å². The molecule has 0 aliphatic heterocycles. The second-order valence-corrected chi connectivity index (χ2v) is 5.49. The standard InChI is InChI=1S/C12H11BrN2/c13-9-2-1-5-15-11-8-4-3-7(6-8)10(11)14-12(9)15/h1-2,5,7-8H,3-4,6H2. The van der Waals surface area contributed by atoms with Gasteiger partial charge in [0, 0.05) is 23.7 Å². The first-order valence-corrected chi connectivity index (χ1v) is 6.30. The monoisotopic (exact) mass is 262 g/mol. The van der Waals surface area contributed by atoms with Crippen LogP contribution in [-0.2, 0) is 0 Å². The number of aromatic nitrogens is 2. The lowest BCUT2D eigenvalue weighted by atomic mass is 10.0. The Labute approximate surface area is 96.4 Å². The highest BCUT2D eigenvalue weighted by Crippen LogP contribution is 2.52. The molecule has 15 heavy (non-hydrogen) atoms. The summed E-state index contributed by atoms with van der Waals surface area (Å²) in [5.74, 6) is 1.52. The maximum Gasteiger partial charge on any atom is 0.151 e. The van der Waals surface area contributed by atoms with Gasteiger partial charge in [-0.15, -0.1) is 0 Å². The second kappa shape index (κ2) is 2.64. The number of nitrogens with zero attached hydrogens (tertiary/aromatic N) is 2. The number of rotatable bonds is 0. The number of halogens is 1. The molecule has 0 N–H and O–H groups in total. The van der Waals surface area contributed by atoms with Crippen LogP contribution >= 0.6 is 15.9 Å². The van der Waals surface area contributed by atoms with Crippen LogP contribution in [0.25, 0.3) is 5.65 Å². The van der Waals surface area contributed by atoms with E-state index in [1.165, 1.54) is 30.7 Å². The molecule has 0 spiro atoms. The van der Waals surface area contributed by atoms with Crippen molar-refractivity contribution >= 4 is 21.6 Å². The molecule has 2 aliphatic carbocycles. The third-order valence-corrected chi connectivity index (χ3v) is 4.49. The third kappa shape index (κ3) is 0.924. The van der Waals surface area contributed by atoms with Crippen molar-refractivity contribution in [3.63, 3.8) is 0 Å². The minimum absolute atomic E-state index is 0.747. The Morgan fingerprint density at radius 1 is 1.33 bits per heavy atom. The van der Waals surface area contributed by atoms with E-state index in [1.54, 1.807) is 0 Å². The van der Waals surface area contributed by atoms with Gasteiger partial charge < -0.3 is 4.40 Å². The van der Waals surface area contributed by atoms with E-state index in [0.29, 0.717) is 0 Å². The minimum atomic E-state index is 0.747. The van der Waals surface area contributed by atoms with Crippen molar-refractivity contribution in [1.29, 1.82) is 0 Å². The van der Waals surface area contributed by atoms with Crippen LogP contribution in [0.1, 0.15) is 42.5 Å². The summed E-state index contributed by atoms with van der Waals surface area (Å²) in [6.07, 6.45) is 6.19. The summed E-state index contributed by atoms with van der Waals surface area (Å²) in [6, 6.07) is 4.16. The average molecular weight is 263 g/mol. The fraction of sp³-hybridized carbons (Fsp3) is 0.417. The summed E-state index contributed by atoms with van der Waals surface area (Å²) in [5.41, 5.74) is 3.96. The van der Waals surface area contributed by atoms with Crippen molar-refractivity contribution < 1.29 is 0 Å². The van der Waals surface area contributed by atoms with Gasteiger partial charge in [-0.1, -0.05) is 0 Å². The number of fused-ring (bicyclic) bond motifs is 7. The van der Waals surface area contributed by atoms with Crippen LogP contribution in [0.5, 0.6) is 0 Å². The molecule has 2 aliphatic rings. The number of imidazole rings is 1. The van der Waals surface area contributed by atoms with Crippen LogP contribution in [-0.4, -0.2) is 9.38 Å². The molecule has 1 fully saturated rings. The van der Waals surface area contributed by atoms with E-state index in [-0.39, 0.29) is 0 Å². The van der Waals surface area contributed by atoms with Crippen molar-refractivity contribution in [2.24, 2.45) is 0 Å². The fourth-order valence-electron chi connectivity index (χ4n) is 3.25. The van der Waals surface area contributed by atoms with Crippen LogP contribution in [0.2, 0.25) is 0 Å². The Balaban J connectivity index is 2.13. The van der Waals surface area contributed by atoms with Gasteiger partial charge in [-0.05, 0) is 47.3 Å². The topological polar surface area (TPSA) is 17.3 Å². The van der Waals surface area contributed by atoms with Crippen LogP contribution in [0.3, 0.4) is 0 Å². The minimum Gasteiger partial charge on any atom is -0.303 e. The summed E-state index contributed by atoms with van der Waals surface area (Å²) in [5, 5.41) is 0. The lowest BCUT2D eigenvalue weighted by molar-refractivity contribution is 0.690. The summed E-state index contributed by atoms with van der Waals surface area (Å²) < 4.78 is 3.39. The summed E-state index contributed by atoms with van der Waals surface area (Å²) >= 11 is 3.57. The highest BCUT2D eigenvalue weighted by atomic mass is 79.9. The number of hydrogen-bond donors (Lipinski definition) is 0. The van der Waals surface area contributed by atoms with Gasteiger partial charge in [0.05, 0.1) is 10.2 Å². The van der Waals surface area contributed by atoms with E-state index in [4.69, 9.17) is 4.98 Å². The largest absolute Gasteiger partial charge is 0.303 e. The lowest BCUT2D eigenvalue weighted by Crippen LogP contribution is -1.99. The van der Waals surface area contributed by atoms with Gasteiger partial charge in [-0.2, -0.15) is 0 Å². The average Bonchev–Trinajstić information content (AvgIpc) is 2.87. The van der Waals surface area contributed by atoms with E-state index in [1.807, 2.05) is 0 Å². The fourth-order valence-corrected chi connectivity index (χ4v) is 3.69. The van der Waals surface area contributed by atoms with E-state index in [9.17, 15) is 0 Å². The molecule has 0 saturated heterocycles. The first-order valence-electron chi connectivity index (χ1n) is 5.51. The Kier molecular flexibility index (Phi) is 1.47. The van der Waals surface area contributed by atoms with Gasteiger partial charge in [-0.3, -0.25) is 0 Å². The van der Waals surface area contributed by atoms with Crippen molar-refractivity contribution in [1.82, 2.24) is 9.38 Å². The highest BCUT2D eigenvalue weighted by Gasteiger charge is 2.40. The zero-order chi connectivity index (χ0) is 9.99. The van der Waals surface area contributed by atoms with E-state index in [0.717, 1.165) is 22.0 Å². The first kappa shape index (κ1) is 8.34. The molecular weight excluding hydrogens is 252 g/mol. The van der Waals surface area contributed by atoms with Gasteiger partial charge in [0.15, 0.2) is 5.65 Å². The molecule has 2 unspecified atom stereocenters. The van der Waals surface area contributed by atoms with Gasteiger partial charge in [0.25, 0.3) is 0 Å². The highest BCUT2D eigenvalue weighted by molar-refractivity contribution is 9.10. The molecule has 3 heteroatoms. The first-order chi connectivity index (χ1) is 7.34. The molecule has 2 atom stereocenters. The van der Waals surface area contributed by atoms with Crippen LogP contribution in [0.4, 0.5) is 0 Å². The van der Waals surface area contributed by atoms with Crippen LogP contribution in [0, 0.1) is 0 Å². The molecule has 2 bridgehead atoms. The Morgan fingerprint density at radius 3 is 3.13 bits per heavy atom. The molecule has 2 aromatic rings. The third-order valence-electron chi connectivity index (χ3n) is 3.87. The predicted molar refractivity (Wildman–Crippen MR) is 62.2 cm³/mol. The molecular formula is C12H11BrN2. The van der Waals surface area contributed by atoms with Crippen molar-refractivity contribution in [3.8, 4) is 0 Å². The molecule has 0 aromatic carbocycles. The Morgan fingerprint density at radius 2 is 2.20 bits per heavy atom. The Bertz CT molecular complexity index is 558. The number of hydrogen-bond acceptors (Lipinski definition) is 1. The Hall–Kier alpha value is -0.830.